The van der Waals surface area contributed by atoms with E-state index in [-0.39, 0.29) is 17.7 Å². The SMILES string of the molecule is Cc1cc(NC(=O)CC2CCCN2)ccc1OCC(F)(F)F. The van der Waals surface area contributed by atoms with Crippen molar-refractivity contribution in [2.45, 2.75) is 38.4 Å². The fourth-order valence-electron chi connectivity index (χ4n) is 2.42. The van der Waals surface area contributed by atoms with Gasteiger partial charge in [0.15, 0.2) is 6.61 Å². The average molecular weight is 316 g/mol. The van der Waals surface area contributed by atoms with Gasteiger partial charge in [-0.1, -0.05) is 0 Å². The monoisotopic (exact) mass is 316 g/mol. The van der Waals surface area contributed by atoms with Crippen molar-refractivity contribution in [1.82, 2.24) is 5.32 Å². The van der Waals surface area contributed by atoms with Crippen LogP contribution in [0.1, 0.15) is 24.8 Å². The van der Waals surface area contributed by atoms with E-state index in [9.17, 15) is 18.0 Å². The van der Waals surface area contributed by atoms with Gasteiger partial charge in [0.1, 0.15) is 5.75 Å². The lowest BCUT2D eigenvalue weighted by Crippen LogP contribution is -2.27. The fourth-order valence-corrected chi connectivity index (χ4v) is 2.42. The van der Waals surface area contributed by atoms with Gasteiger partial charge in [-0.2, -0.15) is 13.2 Å². The lowest BCUT2D eigenvalue weighted by Gasteiger charge is -2.14. The molecule has 1 fully saturated rings. The van der Waals surface area contributed by atoms with Gasteiger partial charge in [0.05, 0.1) is 0 Å². The summed E-state index contributed by atoms with van der Waals surface area (Å²) in [5.74, 6) is 0.0514. The van der Waals surface area contributed by atoms with Crippen molar-refractivity contribution in [2.75, 3.05) is 18.5 Å². The predicted octanol–water partition coefficient (Wildman–Crippen LogP) is 3.02. The summed E-state index contributed by atoms with van der Waals surface area (Å²) in [4.78, 5) is 11.9. The lowest BCUT2D eigenvalue weighted by molar-refractivity contribution is -0.153. The number of hydrogen-bond acceptors (Lipinski definition) is 3. The van der Waals surface area contributed by atoms with E-state index in [2.05, 4.69) is 10.6 Å². The quantitative estimate of drug-likeness (QED) is 0.878. The van der Waals surface area contributed by atoms with Crippen LogP contribution in [0.4, 0.5) is 18.9 Å². The molecule has 1 aromatic rings. The first-order valence-corrected chi connectivity index (χ1v) is 7.17. The number of rotatable bonds is 5. The highest BCUT2D eigenvalue weighted by Gasteiger charge is 2.28. The molecule has 0 aliphatic carbocycles. The molecule has 1 unspecified atom stereocenters. The molecule has 1 aromatic carbocycles. The molecule has 0 spiro atoms. The minimum atomic E-state index is -4.37. The van der Waals surface area contributed by atoms with E-state index in [0.29, 0.717) is 17.7 Å². The van der Waals surface area contributed by atoms with Crippen LogP contribution in [-0.4, -0.2) is 31.3 Å². The zero-order chi connectivity index (χ0) is 16.2. The summed E-state index contributed by atoms with van der Waals surface area (Å²) in [6.45, 7) is 1.25. The van der Waals surface area contributed by atoms with Gasteiger partial charge in [-0.3, -0.25) is 4.79 Å². The zero-order valence-corrected chi connectivity index (χ0v) is 12.3. The van der Waals surface area contributed by atoms with Gasteiger partial charge in [0, 0.05) is 18.2 Å². The fraction of sp³-hybridized carbons (Fsp3) is 0.533. The van der Waals surface area contributed by atoms with Gasteiger partial charge in [-0.15, -0.1) is 0 Å². The third-order valence-electron chi connectivity index (χ3n) is 3.44. The van der Waals surface area contributed by atoms with E-state index in [4.69, 9.17) is 4.74 Å². The molecule has 0 saturated carbocycles. The van der Waals surface area contributed by atoms with Gasteiger partial charge in [0.25, 0.3) is 0 Å². The summed E-state index contributed by atoms with van der Waals surface area (Å²) >= 11 is 0. The number of amides is 1. The Labute approximate surface area is 127 Å². The van der Waals surface area contributed by atoms with Crippen molar-refractivity contribution in [3.05, 3.63) is 23.8 Å². The first-order chi connectivity index (χ1) is 10.3. The summed E-state index contributed by atoms with van der Waals surface area (Å²) in [5.41, 5.74) is 1.10. The summed E-state index contributed by atoms with van der Waals surface area (Å²) in [5, 5.41) is 5.99. The van der Waals surface area contributed by atoms with Gasteiger partial charge in [-0.25, -0.2) is 0 Å². The van der Waals surface area contributed by atoms with Crippen LogP contribution >= 0.6 is 0 Å². The predicted molar refractivity (Wildman–Crippen MR) is 77.0 cm³/mol. The molecule has 0 aromatic heterocycles. The number of ether oxygens (including phenoxy) is 1. The molecule has 1 aliphatic heterocycles. The maximum absolute atomic E-state index is 12.1. The Hall–Kier alpha value is -1.76. The van der Waals surface area contributed by atoms with Gasteiger partial charge in [-0.05, 0) is 50.1 Å². The largest absolute Gasteiger partial charge is 0.484 e. The number of halogens is 3. The Kier molecular flexibility index (Phi) is 5.28. The van der Waals surface area contributed by atoms with Crippen molar-refractivity contribution in [3.8, 4) is 5.75 Å². The van der Waals surface area contributed by atoms with Crippen LogP contribution in [-0.2, 0) is 4.79 Å². The Morgan fingerprint density at radius 3 is 2.82 bits per heavy atom. The minimum absolute atomic E-state index is 0.109. The first-order valence-electron chi connectivity index (χ1n) is 7.17. The van der Waals surface area contributed by atoms with E-state index in [0.717, 1.165) is 19.4 Å². The molecular weight excluding hydrogens is 297 g/mol. The summed E-state index contributed by atoms with van der Waals surface area (Å²) < 4.78 is 41.1. The molecule has 4 nitrogen and oxygen atoms in total. The molecule has 1 saturated heterocycles. The van der Waals surface area contributed by atoms with Crippen molar-refractivity contribution >= 4 is 11.6 Å². The molecular formula is C15H19F3N2O2. The smallest absolute Gasteiger partial charge is 0.422 e. The highest BCUT2D eigenvalue weighted by molar-refractivity contribution is 5.91. The van der Waals surface area contributed by atoms with Crippen LogP contribution in [0.25, 0.3) is 0 Å². The number of alkyl halides is 3. The second-order valence-corrected chi connectivity index (χ2v) is 5.43. The normalized spacial score (nSPS) is 18.3. The summed E-state index contributed by atoms with van der Waals surface area (Å²) in [6, 6.07) is 4.78. The Morgan fingerprint density at radius 2 is 2.23 bits per heavy atom. The highest BCUT2D eigenvalue weighted by atomic mass is 19.4. The van der Waals surface area contributed by atoms with Gasteiger partial charge in [0.2, 0.25) is 5.91 Å². The van der Waals surface area contributed by atoms with E-state index in [1.165, 1.54) is 6.07 Å². The molecule has 0 bridgehead atoms. The van der Waals surface area contributed by atoms with E-state index < -0.39 is 12.8 Å². The lowest BCUT2D eigenvalue weighted by atomic mass is 10.1. The summed E-state index contributed by atoms with van der Waals surface area (Å²) in [7, 11) is 0. The first kappa shape index (κ1) is 16.6. The Bertz CT molecular complexity index is 526. The molecule has 122 valence electrons. The third-order valence-corrected chi connectivity index (χ3v) is 3.44. The van der Waals surface area contributed by atoms with E-state index in [1.807, 2.05) is 0 Å². The number of hydrogen-bond donors (Lipinski definition) is 2. The molecule has 22 heavy (non-hydrogen) atoms. The van der Waals surface area contributed by atoms with Gasteiger partial charge < -0.3 is 15.4 Å². The number of benzene rings is 1. The van der Waals surface area contributed by atoms with Crippen LogP contribution in [0.2, 0.25) is 0 Å². The zero-order valence-electron chi connectivity index (χ0n) is 12.3. The van der Waals surface area contributed by atoms with Crippen molar-refractivity contribution in [2.24, 2.45) is 0 Å². The van der Waals surface area contributed by atoms with Crippen LogP contribution in [0.3, 0.4) is 0 Å². The molecule has 7 heteroatoms. The number of nitrogens with one attached hydrogen (secondary N) is 2. The van der Waals surface area contributed by atoms with Crippen LogP contribution in [0, 0.1) is 6.92 Å². The second-order valence-electron chi connectivity index (χ2n) is 5.43. The maximum atomic E-state index is 12.1. The number of carbonyl (C=O) groups excluding carboxylic acids is 1. The van der Waals surface area contributed by atoms with Gasteiger partial charge >= 0.3 is 6.18 Å². The second kappa shape index (κ2) is 7.00. The molecule has 0 radical (unpaired) electrons. The Morgan fingerprint density at radius 1 is 1.45 bits per heavy atom. The molecule has 2 N–H and O–H groups in total. The molecule has 2 rings (SSSR count). The van der Waals surface area contributed by atoms with E-state index >= 15 is 0 Å². The average Bonchev–Trinajstić information content (AvgIpc) is 2.89. The van der Waals surface area contributed by atoms with Crippen molar-refractivity contribution in [3.63, 3.8) is 0 Å². The molecule has 1 heterocycles. The van der Waals surface area contributed by atoms with Crippen LogP contribution in [0.5, 0.6) is 5.75 Å². The van der Waals surface area contributed by atoms with Crippen molar-refractivity contribution in [1.29, 1.82) is 0 Å². The number of anilines is 1. The maximum Gasteiger partial charge on any atom is 0.422 e. The van der Waals surface area contributed by atoms with Crippen LogP contribution in [0.15, 0.2) is 18.2 Å². The van der Waals surface area contributed by atoms with Crippen molar-refractivity contribution < 1.29 is 22.7 Å². The Balaban J connectivity index is 1.89. The number of carbonyl (C=O) groups is 1. The summed E-state index contributed by atoms with van der Waals surface area (Å²) in [6.07, 6.45) is -1.92. The minimum Gasteiger partial charge on any atom is -0.484 e. The molecule has 1 amide bonds. The third kappa shape index (κ3) is 5.22. The molecule has 1 atom stereocenters. The standard InChI is InChI=1S/C15H19F3N2O2/c1-10-7-12(4-5-13(10)22-9-15(16,17)18)20-14(21)8-11-3-2-6-19-11/h4-5,7,11,19H,2-3,6,8-9H2,1H3,(H,20,21). The topological polar surface area (TPSA) is 50.4 Å². The number of aryl methyl sites for hydroxylation is 1. The van der Waals surface area contributed by atoms with E-state index in [1.54, 1.807) is 19.1 Å². The molecule has 1 aliphatic rings. The highest BCUT2D eigenvalue weighted by Crippen LogP contribution is 2.24. The van der Waals surface area contributed by atoms with Crippen LogP contribution < -0.4 is 15.4 Å².